The Balaban J connectivity index is 3.10. The van der Waals surface area contributed by atoms with Gasteiger partial charge in [0.15, 0.2) is 12.2 Å². The number of carbonyl (C=O) groups is 2. The highest BCUT2D eigenvalue weighted by Gasteiger charge is 2.47. The number of phosphoric acid groups is 1. The zero-order chi connectivity index (χ0) is 16.9. The lowest BCUT2D eigenvalue weighted by Gasteiger charge is -2.38. The van der Waals surface area contributed by atoms with Gasteiger partial charge < -0.3 is 24.0 Å². The molecule has 12 nitrogen and oxygen atoms in total. The minimum atomic E-state index is -4.97. The van der Waals surface area contributed by atoms with Crippen molar-refractivity contribution in [1.29, 1.82) is 0 Å². The van der Waals surface area contributed by atoms with Crippen LogP contribution in [0.3, 0.4) is 0 Å². The summed E-state index contributed by atoms with van der Waals surface area (Å²) in [5, 5.41) is 3.34. The van der Waals surface area contributed by atoms with Crippen molar-refractivity contribution in [2.75, 3.05) is 6.61 Å². The summed E-state index contributed by atoms with van der Waals surface area (Å²) in [6, 6.07) is -1.06. The van der Waals surface area contributed by atoms with Crippen molar-refractivity contribution >= 4 is 19.8 Å². The van der Waals surface area contributed by atoms with Crippen LogP contribution in [-0.2, 0) is 32.9 Å². The Bertz CT molecular complexity index is 528. The van der Waals surface area contributed by atoms with Gasteiger partial charge in [0.25, 0.3) is 0 Å². The summed E-state index contributed by atoms with van der Waals surface area (Å²) >= 11 is 0. The standard InChI is InChI=1S/C9H14N3O9P/c1-4(13)19-7-6(11-12-10)3-18-9(21-22(15,16)17)8(7)20-5(2)14/h6-9H,3H2,1-2H3,(H2,15,16,17)/t6?,7-,8+,9+/m0/s1. The maximum absolute atomic E-state index is 11.2. The van der Waals surface area contributed by atoms with Crippen molar-refractivity contribution in [2.24, 2.45) is 5.11 Å². The zero-order valence-corrected chi connectivity index (χ0v) is 12.5. The number of azide groups is 1. The molecule has 22 heavy (non-hydrogen) atoms. The van der Waals surface area contributed by atoms with Gasteiger partial charge in [-0.3, -0.25) is 14.1 Å². The molecule has 0 amide bonds. The number of phosphoric ester groups is 1. The summed E-state index contributed by atoms with van der Waals surface area (Å²) in [4.78, 5) is 42.5. The molecule has 1 saturated heterocycles. The highest BCUT2D eigenvalue weighted by Crippen LogP contribution is 2.41. The second-order valence-electron chi connectivity index (χ2n) is 4.22. The minimum absolute atomic E-state index is 0.357. The molecule has 0 spiro atoms. The second kappa shape index (κ2) is 7.54. The number of hydrogen-bond donors (Lipinski definition) is 2. The van der Waals surface area contributed by atoms with Gasteiger partial charge in [0.05, 0.1) is 6.61 Å². The Morgan fingerprint density at radius 1 is 1.27 bits per heavy atom. The first-order valence-electron chi connectivity index (χ1n) is 5.88. The molecule has 1 aliphatic heterocycles. The van der Waals surface area contributed by atoms with E-state index in [0.717, 1.165) is 13.8 Å². The van der Waals surface area contributed by atoms with Crippen LogP contribution in [0.5, 0.6) is 0 Å². The largest absolute Gasteiger partial charge is 0.472 e. The van der Waals surface area contributed by atoms with Crippen LogP contribution in [0.15, 0.2) is 5.11 Å². The molecular weight excluding hydrogens is 325 g/mol. The van der Waals surface area contributed by atoms with Gasteiger partial charge in [-0.1, -0.05) is 5.11 Å². The summed E-state index contributed by atoms with van der Waals surface area (Å²) in [7, 11) is -4.97. The molecule has 0 aromatic heterocycles. The summed E-state index contributed by atoms with van der Waals surface area (Å²) < 4.78 is 30.1. The Kier molecular flexibility index (Phi) is 6.30. The van der Waals surface area contributed by atoms with Crippen molar-refractivity contribution in [3.05, 3.63) is 10.4 Å². The molecule has 0 saturated carbocycles. The SMILES string of the molecule is CC(=O)O[C@H]1[C@@H](OP(=O)(O)O)OCC(N=[N+]=[N-])[C@@H]1OC(C)=O. The van der Waals surface area contributed by atoms with E-state index in [1.165, 1.54) is 0 Å². The van der Waals surface area contributed by atoms with Crippen LogP contribution in [0.25, 0.3) is 10.4 Å². The third-order valence-corrected chi connectivity index (χ3v) is 2.93. The van der Waals surface area contributed by atoms with Crippen LogP contribution in [0, 0.1) is 0 Å². The average molecular weight is 339 g/mol. The predicted octanol–water partition coefficient (Wildman–Crippen LogP) is -0.00570. The Morgan fingerprint density at radius 3 is 2.27 bits per heavy atom. The average Bonchev–Trinajstić information content (AvgIpc) is 2.34. The minimum Gasteiger partial charge on any atom is -0.458 e. The third kappa shape index (κ3) is 5.60. The van der Waals surface area contributed by atoms with Crippen LogP contribution < -0.4 is 0 Å². The number of carbonyl (C=O) groups excluding carboxylic acids is 2. The predicted molar refractivity (Wildman–Crippen MR) is 66.9 cm³/mol. The number of hydrogen-bond acceptors (Lipinski definition) is 8. The normalized spacial score (nSPS) is 28.4. The van der Waals surface area contributed by atoms with E-state index in [1.54, 1.807) is 0 Å². The van der Waals surface area contributed by atoms with Gasteiger partial charge >= 0.3 is 19.8 Å². The van der Waals surface area contributed by atoms with Gasteiger partial charge in [-0.05, 0) is 5.53 Å². The molecule has 0 bridgehead atoms. The van der Waals surface area contributed by atoms with E-state index in [4.69, 9.17) is 29.5 Å². The van der Waals surface area contributed by atoms with Crippen molar-refractivity contribution < 1.29 is 42.7 Å². The molecule has 1 unspecified atom stereocenters. The lowest BCUT2D eigenvalue weighted by atomic mass is 10.0. The van der Waals surface area contributed by atoms with Gasteiger partial charge in [0.2, 0.25) is 6.29 Å². The van der Waals surface area contributed by atoms with Gasteiger partial charge in [-0.15, -0.1) is 0 Å². The fourth-order valence-electron chi connectivity index (χ4n) is 1.80. The number of nitrogens with zero attached hydrogens (tertiary/aromatic N) is 3. The van der Waals surface area contributed by atoms with E-state index < -0.39 is 44.3 Å². The van der Waals surface area contributed by atoms with Crippen molar-refractivity contribution in [3.8, 4) is 0 Å². The zero-order valence-electron chi connectivity index (χ0n) is 11.6. The lowest BCUT2D eigenvalue weighted by molar-refractivity contribution is -0.237. The summed E-state index contributed by atoms with van der Waals surface area (Å²) in [5.41, 5.74) is 8.49. The quantitative estimate of drug-likeness (QED) is 0.229. The fraction of sp³-hybridized carbons (Fsp3) is 0.778. The van der Waals surface area contributed by atoms with Gasteiger partial charge in [-0.25, -0.2) is 4.57 Å². The first-order valence-corrected chi connectivity index (χ1v) is 7.41. The molecule has 0 aromatic carbocycles. The first-order chi connectivity index (χ1) is 10.1. The molecule has 1 aliphatic rings. The Morgan fingerprint density at radius 2 is 1.82 bits per heavy atom. The molecular formula is C9H14N3O9P. The Hall–Kier alpha value is -1.68. The highest BCUT2D eigenvalue weighted by atomic mass is 31.2. The van der Waals surface area contributed by atoms with Crippen LogP contribution >= 0.6 is 7.82 Å². The maximum Gasteiger partial charge on any atom is 0.472 e. The summed E-state index contributed by atoms with van der Waals surface area (Å²) in [5.74, 6) is -1.62. The van der Waals surface area contributed by atoms with Crippen molar-refractivity contribution in [1.82, 2.24) is 0 Å². The molecule has 124 valence electrons. The van der Waals surface area contributed by atoms with Crippen molar-refractivity contribution in [2.45, 2.75) is 38.4 Å². The molecule has 4 atom stereocenters. The molecule has 1 fully saturated rings. The summed E-state index contributed by atoms with van der Waals surface area (Å²) in [6.45, 7) is 1.73. The molecule has 1 heterocycles. The van der Waals surface area contributed by atoms with Crippen LogP contribution in [0.1, 0.15) is 13.8 Å². The van der Waals surface area contributed by atoms with Crippen LogP contribution in [0.4, 0.5) is 0 Å². The highest BCUT2D eigenvalue weighted by molar-refractivity contribution is 7.46. The second-order valence-corrected chi connectivity index (χ2v) is 5.41. The maximum atomic E-state index is 11.2. The van der Waals surface area contributed by atoms with Crippen LogP contribution in [0.2, 0.25) is 0 Å². The van der Waals surface area contributed by atoms with Gasteiger partial charge in [-0.2, -0.15) is 0 Å². The van der Waals surface area contributed by atoms with E-state index in [-0.39, 0.29) is 6.61 Å². The number of rotatable bonds is 5. The number of ether oxygens (including phenoxy) is 3. The topological polar surface area (TPSA) is 177 Å². The number of esters is 2. The monoisotopic (exact) mass is 339 g/mol. The summed E-state index contributed by atoms with van der Waals surface area (Å²) in [6.07, 6.45) is -4.53. The molecule has 0 radical (unpaired) electrons. The van der Waals surface area contributed by atoms with E-state index in [9.17, 15) is 14.2 Å². The van der Waals surface area contributed by atoms with Gasteiger partial charge in [0.1, 0.15) is 6.04 Å². The van der Waals surface area contributed by atoms with Crippen LogP contribution in [-0.4, -0.2) is 52.9 Å². The molecule has 2 N–H and O–H groups in total. The van der Waals surface area contributed by atoms with E-state index in [1.807, 2.05) is 0 Å². The first kappa shape index (κ1) is 18.4. The van der Waals surface area contributed by atoms with E-state index in [2.05, 4.69) is 14.5 Å². The lowest BCUT2D eigenvalue weighted by Crippen LogP contribution is -2.56. The smallest absolute Gasteiger partial charge is 0.458 e. The van der Waals surface area contributed by atoms with Gasteiger partial charge in [0, 0.05) is 18.8 Å². The molecule has 0 aliphatic carbocycles. The fourth-order valence-corrected chi connectivity index (χ4v) is 2.25. The Labute approximate surface area is 124 Å². The third-order valence-electron chi connectivity index (χ3n) is 2.45. The van der Waals surface area contributed by atoms with E-state index >= 15 is 0 Å². The van der Waals surface area contributed by atoms with E-state index in [0.29, 0.717) is 0 Å². The molecule has 13 heteroatoms. The molecule has 1 rings (SSSR count). The van der Waals surface area contributed by atoms with Crippen molar-refractivity contribution in [3.63, 3.8) is 0 Å². The molecule has 0 aromatic rings.